The number of hydrogen-bond donors (Lipinski definition) is 2. The lowest BCUT2D eigenvalue weighted by Gasteiger charge is -2.15. The zero-order valence-electron chi connectivity index (χ0n) is 8.81. The van der Waals surface area contributed by atoms with Crippen LogP contribution < -0.4 is 0 Å². The van der Waals surface area contributed by atoms with E-state index in [2.05, 4.69) is 0 Å². The minimum absolute atomic E-state index is 0.0645. The molecule has 2 rings (SSSR count). The zero-order valence-corrected chi connectivity index (χ0v) is 9.56. The molecule has 1 aliphatic heterocycles. The number of benzene rings is 1. The number of β-amino-alcohol motifs (C(OH)–C–C–N with tert-alkyl or cyclic N) is 2. The van der Waals surface area contributed by atoms with Crippen molar-refractivity contribution in [1.82, 2.24) is 4.90 Å². The predicted octanol–water partition coefficient (Wildman–Crippen LogP) is 0.657. The molecule has 0 aliphatic carbocycles. The van der Waals surface area contributed by atoms with Crippen molar-refractivity contribution in [3.63, 3.8) is 0 Å². The molecule has 1 amide bonds. The van der Waals surface area contributed by atoms with Crippen molar-refractivity contribution in [2.24, 2.45) is 0 Å². The molecule has 1 aromatic carbocycles. The van der Waals surface area contributed by atoms with Crippen molar-refractivity contribution in [1.29, 1.82) is 0 Å². The molecular formula is C11H11ClFNO3. The summed E-state index contributed by atoms with van der Waals surface area (Å²) in [6.07, 6.45) is -1.87. The zero-order chi connectivity index (χ0) is 12.6. The van der Waals surface area contributed by atoms with Crippen molar-refractivity contribution in [3.05, 3.63) is 34.6 Å². The second-order valence-electron chi connectivity index (χ2n) is 3.97. The number of halogens is 2. The van der Waals surface area contributed by atoms with Gasteiger partial charge >= 0.3 is 0 Å². The standard InChI is InChI=1S/C11H11ClFNO3/c12-7-3-6(1-2-8(7)13)11(17)14-4-9(15)10(16)5-14/h1-3,9-10,15-16H,4-5H2. The van der Waals surface area contributed by atoms with Gasteiger partial charge in [-0.25, -0.2) is 4.39 Å². The fourth-order valence-electron chi connectivity index (χ4n) is 1.75. The van der Waals surface area contributed by atoms with Gasteiger partial charge in [-0.15, -0.1) is 0 Å². The molecule has 0 radical (unpaired) electrons. The minimum Gasteiger partial charge on any atom is -0.388 e. The van der Waals surface area contributed by atoms with Gasteiger partial charge in [-0.2, -0.15) is 0 Å². The molecule has 2 atom stereocenters. The molecular weight excluding hydrogens is 249 g/mol. The van der Waals surface area contributed by atoms with Crippen LogP contribution in [0.25, 0.3) is 0 Å². The Balaban J connectivity index is 2.17. The molecule has 0 aromatic heterocycles. The quantitative estimate of drug-likeness (QED) is 0.779. The lowest BCUT2D eigenvalue weighted by atomic mass is 10.2. The van der Waals surface area contributed by atoms with E-state index >= 15 is 0 Å². The summed E-state index contributed by atoms with van der Waals surface area (Å²) in [6.45, 7) is 0.129. The summed E-state index contributed by atoms with van der Waals surface area (Å²) in [5, 5.41) is 18.5. The first kappa shape index (κ1) is 12.3. The highest BCUT2D eigenvalue weighted by Gasteiger charge is 2.33. The lowest BCUT2D eigenvalue weighted by molar-refractivity contribution is 0.0572. The van der Waals surface area contributed by atoms with E-state index < -0.39 is 18.0 Å². The van der Waals surface area contributed by atoms with Gasteiger partial charge in [-0.1, -0.05) is 11.6 Å². The number of carbonyl (C=O) groups excluding carboxylic acids is 1. The van der Waals surface area contributed by atoms with E-state index in [1.165, 1.54) is 17.0 Å². The van der Waals surface area contributed by atoms with E-state index in [1.807, 2.05) is 0 Å². The van der Waals surface area contributed by atoms with Gasteiger partial charge in [0.15, 0.2) is 0 Å². The van der Waals surface area contributed by atoms with Gasteiger partial charge in [0.2, 0.25) is 0 Å². The molecule has 0 spiro atoms. The molecule has 17 heavy (non-hydrogen) atoms. The maximum Gasteiger partial charge on any atom is 0.254 e. The van der Waals surface area contributed by atoms with Crippen LogP contribution in [0.5, 0.6) is 0 Å². The second kappa shape index (κ2) is 4.60. The first-order valence-corrected chi connectivity index (χ1v) is 5.47. The van der Waals surface area contributed by atoms with Crippen molar-refractivity contribution in [2.45, 2.75) is 12.2 Å². The molecule has 1 fully saturated rings. The summed E-state index contributed by atoms with van der Waals surface area (Å²) in [4.78, 5) is 13.2. The molecule has 0 bridgehead atoms. The fourth-order valence-corrected chi connectivity index (χ4v) is 1.93. The predicted molar refractivity (Wildman–Crippen MR) is 59.3 cm³/mol. The number of aliphatic hydroxyl groups excluding tert-OH is 2. The maximum absolute atomic E-state index is 12.9. The fraction of sp³-hybridized carbons (Fsp3) is 0.364. The summed E-state index contributed by atoms with van der Waals surface area (Å²) < 4.78 is 12.9. The molecule has 4 nitrogen and oxygen atoms in total. The van der Waals surface area contributed by atoms with Crippen LogP contribution in [0.15, 0.2) is 18.2 Å². The second-order valence-corrected chi connectivity index (χ2v) is 4.38. The van der Waals surface area contributed by atoms with E-state index in [-0.39, 0.29) is 29.6 Å². The van der Waals surface area contributed by atoms with Crippen LogP contribution in [0, 0.1) is 5.82 Å². The highest BCUT2D eigenvalue weighted by molar-refractivity contribution is 6.31. The Kier molecular flexibility index (Phi) is 3.33. The van der Waals surface area contributed by atoms with Crippen LogP contribution >= 0.6 is 11.6 Å². The van der Waals surface area contributed by atoms with Crippen LogP contribution in [0.2, 0.25) is 5.02 Å². The van der Waals surface area contributed by atoms with E-state index in [9.17, 15) is 19.4 Å². The van der Waals surface area contributed by atoms with Gasteiger partial charge in [-0.3, -0.25) is 4.79 Å². The Labute approximate surface area is 102 Å². The average Bonchev–Trinajstić information content (AvgIpc) is 2.62. The molecule has 1 aliphatic rings. The molecule has 6 heteroatoms. The van der Waals surface area contributed by atoms with Gasteiger partial charge in [-0.05, 0) is 18.2 Å². The molecule has 1 heterocycles. The average molecular weight is 260 g/mol. The van der Waals surface area contributed by atoms with Crippen molar-refractivity contribution in [3.8, 4) is 0 Å². The van der Waals surface area contributed by atoms with Crippen LogP contribution in [0.3, 0.4) is 0 Å². The van der Waals surface area contributed by atoms with Crippen molar-refractivity contribution in [2.75, 3.05) is 13.1 Å². The molecule has 1 aromatic rings. The van der Waals surface area contributed by atoms with Gasteiger partial charge < -0.3 is 15.1 Å². The van der Waals surface area contributed by atoms with Crippen LogP contribution in [-0.2, 0) is 0 Å². The Bertz CT molecular complexity index is 444. The molecule has 92 valence electrons. The van der Waals surface area contributed by atoms with E-state index in [4.69, 9.17) is 11.6 Å². The molecule has 0 saturated carbocycles. The topological polar surface area (TPSA) is 60.8 Å². The van der Waals surface area contributed by atoms with E-state index in [0.717, 1.165) is 6.07 Å². The van der Waals surface area contributed by atoms with Gasteiger partial charge in [0, 0.05) is 18.7 Å². The third-order valence-electron chi connectivity index (χ3n) is 2.71. The number of hydrogen-bond acceptors (Lipinski definition) is 3. The SMILES string of the molecule is O=C(c1ccc(F)c(Cl)c1)N1CC(O)C(O)C1. The number of rotatable bonds is 1. The lowest BCUT2D eigenvalue weighted by Crippen LogP contribution is -2.29. The summed E-state index contributed by atoms with van der Waals surface area (Å²) in [5.41, 5.74) is 0.234. The number of nitrogens with zero attached hydrogens (tertiary/aromatic N) is 1. The summed E-state index contributed by atoms with van der Waals surface area (Å²) in [5.74, 6) is -0.979. The maximum atomic E-state index is 12.9. The third kappa shape index (κ3) is 2.41. The number of carbonyl (C=O) groups is 1. The minimum atomic E-state index is -0.935. The summed E-state index contributed by atoms with van der Waals surface area (Å²) >= 11 is 5.58. The smallest absolute Gasteiger partial charge is 0.254 e. The van der Waals surface area contributed by atoms with E-state index in [0.29, 0.717) is 0 Å². The first-order valence-electron chi connectivity index (χ1n) is 5.09. The van der Waals surface area contributed by atoms with Gasteiger partial charge in [0.1, 0.15) is 5.82 Å². The number of aliphatic hydroxyl groups is 2. The highest BCUT2D eigenvalue weighted by Crippen LogP contribution is 2.19. The monoisotopic (exact) mass is 259 g/mol. The molecule has 2 unspecified atom stereocenters. The van der Waals surface area contributed by atoms with Gasteiger partial charge in [0.05, 0.1) is 17.2 Å². The normalized spacial score (nSPS) is 24.1. The Morgan fingerprint density at radius 1 is 1.35 bits per heavy atom. The summed E-state index contributed by atoms with van der Waals surface area (Å²) in [6, 6.07) is 3.66. The Morgan fingerprint density at radius 2 is 1.94 bits per heavy atom. The highest BCUT2D eigenvalue weighted by atomic mass is 35.5. The Morgan fingerprint density at radius 3 is 2.47 bits per heavy atom. The summed E-state index contributed by atoms with van der Waals surface area (Å²) in [7, 11) is 0. The van der Waals surface area contributed by atoms with Crippen LogP contribution in [0.1, 0.15) is 10.4 Å². The van der Waals surface area contributed by atoms with Crippen LogP contribution in [-0.4, -0.2) is 46.3 Å². The van der Waals surface area contributed by atoms with Crippen molar-refractivity contribution >= 4 is 17.5 Å². The van der Waals surface area contributed by atoms with Crippen LogP contribution in [0.4, 0.5) is 4.39 Å². The van der Waals surface area contributed by atoms with E-state index in [1.54, 1.807) is 0 Å². The first-order chi connectivity index (χ1) is 7.99. The number of amides is 1. The third-order valence-corrected chi connectivity index (χ3v) is 3.00. The molecule has 2 N–H and O–H groups in total. The molecule has 1 saturated heterocycles. The van der Waals surface area contributed by atoms with Crippen molar-refractivity contribution < 1.29 is 19.4 Å². The largest absolute Gasteiger partial charge is 0.388 e. The Hall–Kier alpha value is -1.17. The van der Waals surface area contributed by atoms with Gasteiger partial charge in [0.25, 0.3) is 5.91 Å². The number of likely N-dealkylation sites (tertiary alicyclic amines) is 1.